The average molecular weight is 263 g/mol. The summed E-state index contributed by atoms with van der Waals surface area (Å²) in [6.07, 6.45) is 3.31. The second-order valence-electron chi connectivity index (χ2n) is 5.38. The van der Waals surface area contributed by atoms with Crippen LogP contribution in [0, 0.1) is 5.92 Å². The summed E-state index contributed by atoms with van der Waals surface area (Å²) in [5.41, 5.74) is 7.35. The van der Waals surface area contributed by atoms with Crippen molar-refractivity contribution >= 4 is 0 Å². The van der Waals surface area contributed by atoms with Gasteiger partial charge in [-0.05, 0) is 18.9 Å². The normalized spacial score (nSPS) is 30.3. The third-order valence-corrected chi connectivity index (χ3v) is 4.11. The highest BCUT2D eigenvalue weighted by molar-refractivity contribution is 5.43. The molecule has 4 heteroatoms. The van der Waals surface area contributed by atoms with Gasteiger partial charge in [0, 0.05) is 36.6 Å². The molecule has 3 atom stereocenters. The van der Waals surface area contributed by atoms with Crippen molar-refractivity contribution < 1.29 is 14.2 Å². The van der Waals surface area contributed by atoms with Crippen LogP contribution in [0.4, 0.5) is 0 Å². The monoisotopic (exact) mass is 263 g/mol. The highest BCUT2D eigenvalue weighted by Crippen LogP contribution is 2.39. The summed E-state index contributed by atoms with van der Waals surface area (Å²) >= 11 is 0. The minimum atomic E-state index is 0.0431. The Morgan fingerprint density at radius 2 is 2.26 bits per heavy atom. The van der Waals surface area contributed by atoms with E-state index in [0.717, 1.165) is 49.5 Å². The largest absolute Gasteiger partial charge is 0.497 e. The van der Waals surface area contributed by atoms with Gasteiger partial charge in [0.2, 0.25) is 0 Å². The molecule has 1 aromatic rings. The molecule has 2 aliphatic heterocycles. The van der Waals surface area contributed by atoms with Gasteiger partial charge in [-0.25, -0.2) is 0 Å². The van der Waals surface area contributed by atoms with Gasteiger partial charge in [-0.2, -0.15) is 0 Å². The standard InChI is InChI=1S/C15H21NO3/c1-17-11-4-5-12-13(16)8-14(19-15(12)7-11)10-3-2-6-18-9-10/h4-5,7,10,13-14H,2-3,6,8-9,16H2,1H3/t10?,13-,14?/m0/s1. The number of hydrogen-bond acceptors (Lipinski definition) is 4. The van der Waals surface area contributed by atoms with Crippen LogP contribution in [0.25, 0.3) is 0 Å². The molecule has 0 aliphatic carbocycles. The zero-order valence-electron chi connectivity index (χ0n) is 11.3. The van der Waals surface area contributed by atoms with Crippen molar-refractivity contribution in [2.75, 3.05) is 20.3 Å². The SMILES string of the molecule is COc1ccc2c(c1)OC(C1CCCOC1)C[C@@H]2N. The van der Waals surface area contributed by atoms with Gasteiger partial charge in [-0.1, -0.05) is 6.07 Å². The fraction of sp³-hybridized carbons (Fsp3) is 0.600. The Balaban J connectivity index is 1.81. The second-order valence-corrected chi connectivity index (χ2v) is 5.38. The molecule has 0 spiro atoms. The Kier molecular flexibility index (Phi) is 3.62. The first-order chi connectivity index (χ1) is 9.28. The summed E-state index contributed by atoms with van der Waals surface area (Å²) in [5, 5.41) is 0. The molecule has 0 radical (unpaired) electrons. The fourth-order valence-corrected chi connectivity index (χ4v) is 2.99. The molecule has 3 rings (SSSR count). The van der Waals surface area contributed by atoms with Gasteiger partial charge in [0.25, 0.3) is 0 Å². The molecular weight excluding hydrogens is 242 g/mol. The molecule has 104 valence electrons. The number of nitrogens with two attached hydrogens (primary N) is 1. The molecule has 0 aromatic heterocycles. The Bertz CT molecular complexity index is 443. The molecule has 2 heterocycles. The number of fused-ring (bicyclic) bond motifs is 1. The van der Waals surface area contributed by atoms with E-state index in [1.54, 1.807) is 7.11 Å². The summed E-state index contributed by atoms with van der Waals surface area (Å²) < 4.78 is 17.0. The van der Waals surface area contributed by atoms with E-state index in [-0.39, 0.29) is 12.1 Å². The van der Waals surface area contributed by atoms with Crippen molar-refractivity contribution in [1.29, 1.82) is 0 Å². The Morgan fingerprint density at radius 1 is 1.37 bits per heavy atom. The molecule has 1 fully saturated rings. The summed E-state index contributed by atoms with van der Waals surface area (Å²) in [6.45, 7) is 1.66. The van der Waals surface area contributed by atoms with E-state index in [0.29, 0.717) is 5.92 Å². The number of methoxy groups -OCH3 is 1. The number of hydrogen-bond donors (Lipinski definition) is 1. The maximum Gasteiger partial charge on any atom is 0.128 e. The first-order valence-corrected chi connectivity index (χ1v) is 6.96. The number of ether oxygens (including phenoxy) is 3. The van der Waals surface area contributed by atoms with E-state index in [1.807, 2.05) is 18.2 Å². The van der Waals surface area contributed by atoms with Crippen molar-refractivity contribution in [3.05, 3.63) is 23.8 Å². The summed E-state index contributed by atoms with van der Waals surface area (Å²) in [6, 6.07) is 5.92. The van der Waals surface area contributed by atoms with Crippen molar-refractivity contribution in [3.8, 4) is 11.5 Å². The van der Waals surface area contributed by atoms with Crippen LogP contribution < -0.4 is 15.2 Å². The van der Waals surface area contributed by atoms with Gasteiger partial charge >= 0.3 is 0 Å². The van der Waals surface area contributed by atoms with Crippen LogP contribution in [-0.2, 0) is 4.74 Å². The van der Waals surface area contributed by atoms with Gasteiger partial charge in [-0.3, -0.25) is 0 Å². The number of rotatable bonds is 2. The maximum atomic E-state index is 6.27. The minimum Gasteiger partial charge on any atom is -0.497 e. The summed E-state index contributed by atoms with van der Waals surface area (Å²) in [5.74, 6) is 2.14. The van der Waals surface area contributed by atoms with Gasteiger partial charge in [0.05, 0.1) is 13.7 Å². The van der Waals surface area contributed by atoms with E-state index in [2.05, 4.69) is 0 Å². The van der Waals surface area contributed by atoms with Crippen LogP contribution >= 0.6 is 0 Å². The first kappa shape index (κ1) is 12.8. The molecule has 0 amide bonds. The van der Waals surface area contributed by atoms with Crippen LogP contribution in [-0.4, -0.2) is 26.4 Å². The molecule has 2 N–H and O–H groups in total. The zero-order chi connectivity index (χ0) is 13.2. The van der Waals surface area contributed by atoms with Crippen molar-refractivity contribution in [2.45, 2.75) is 31.4 Å². The molecule has 1 aromatic carbocycles. The topological polar surface area (TPSA) is 53.7 Å². The van der Waals surface area contributed by atoms with Crippen LogP contribution in [0.1, 0.15) is 30.9 Å². The lowest BCUT2D eigenvalue weighted by atomic mass is 9.87. The molecule has 4 nitrogen and oxygen atoms in total. The molecular formula is C15H21NO3. The van der Waals surface area contributed by atoms with Crippen LogP contribution in [0.15, 0.2) is 18.2 Å². The lowest BCUT2D eigenvalue weighted by molar-refractivity contribution is -0.00930. The van der Waals surface area contributed by atoms with E-state index < -0.39 is 0 Å². The fourth-order valence-electron chi connectivity index (χ4n) is 2.99. The highest BCUT2D eigenvalue weighted by atomic mass is 16.5. The van der Waals surface area contributed by atoms with E-state index in [4.69, 9.17) is 19.9 Å². The van der Waals surface area contributed by atoms with Crippen LogP contribution in [0.3, 0.4) is 0 Å². The van der Waals surface area contributed by atoms with Gasteiger partial charge < -0.3 is 19.9 Å². The van der Waals surface area contributed by atoms with Crippen molar-refractivity contribution in [1.82, 2.24) is 0 Å². The molecule has 1 saturated heterocycles. The first-order valence-electron chi connectivity index (χ1n) is 6.96. The Hall–Kier alpha value is -1.26. The highest BCUT2D eigenvalue weighted by Gasteiger charge is 2.33. The van der Waals surface area contributed by atoms with E-state index in [9.17, 15) is 0 Å². The second kappa shape index (κ2) is 5.39. The van der Waals surface area contributed by atoms with E-state index >= 15 is 0 Å². The lowest BCUT2D eigenvalue weighted by Crippen LogP contribution is -2.38. The van der Waals surface area contributed by atoms with Gasteiger partial charge in [0.15, 0.2) is 0 Å². The molecule has 2 aliphatic rings. The predicted molar refractivity (Wildman–Crippen MR) is 72.5 cm³/mol. The lowest BCUT2D eigenvalue weighted by Gasteiger charge is -2.36. The maximum absolute atomic E-state index is 6.27. The molecule has 0 bridgehead atoms. The van der Waals surface area contributed by atoms with Crippen LogP contribution in [0.5, 0.6) is 11.5 Å². The van der Waals surface area contributed by atoms with E-state index in [1.165, 1.54) is 0 Å². The smallest absolute Gasteiger partial charge is 0.128 e. The summed E-state index contributed by atoms with van der Waals surface area (Å²) in [4.78, 5) is 0. The molecule has 0 saturated carbocycles. The quantitative estimate of drug-likeness (QED) is 0.889. The molecule has 19 heavy (non-hydrogen) atoms. The number of benzene rings is 1. The Labute approximate surface area is 113 Å². The van der Waals surface area contributed by atoms with Crippen molar-refractivity contribution in [3.63, 3.8) is 0 Å². The third kappa shape index (κ3) is 2.55. The van der Waals surface area contributed by atoms with Gasteiger partial charge in [-0.15, -0.1) is 0 Å². The zero-order valence-corrected chi connectivity index (χ0v) is 11.3. The molecule has 2 unspecified atom stereocenters. The van der Waals surface area contributed by atoms with Crippen LogP contribution in [0.2, 0.25) is 0 Å². The summed E-state index contributed by atoms with van der Waals surface area (Å²) in [7, 11) is 1.66. The van der Waals surface area contributed by atoms with Crippen molar-refractivity contribution in [2.24, 2.45) is 11.7 Å². The minimum absolute atomic E-state index is 0.0431. The average Bonchev–Trinajstić information content (AvgIpc) is 2.47. The van der Waals surface area contributed by atoms with Gasteiger partial charge in [0.1, 0.15) is 17.6 Å². The Morgan fingerprint density at radius 3 is 3.00 bits per heavy atom. The predicted octanol–water partition coefficient (Wildman–Crippen LogP) is 2.27. The third-order valence-electron chi connectivity index (χ3n) is 4.11.